The highest BCUT2D eigenvalue weighted by atomic mass is 19.1. The van der Waals surface area contributed by atoms with Gasteiger partial charge in [0.15, 0.2) is 0 Å². The third-order valence-corrected chi connectivity index (χ3v) is 4.05. The minimum absolute atomic E-state index is 0.166. The molecule has 1 heterocycles. The van der Waals surface area contributed by atoms with E-state index in [0.29, 0.717) is 31.1 Å². The highest BCUT2D eigenvalue weighted by Gasteiger charge is 2.16. The number of hydrogen-bond donors (Lipinski definition) is 1. The number of hydrogen-bond acceptors (Lipinski definition) is 4. The highest BCUT2D eigenvalue weighted by molar-refractivity contribution is 5.94. The maximum atomic E-state index is 12.8. The Labute approximate surface area is 152 Å². The first kappa shape index (κ1) is 18.2. The highest BCUT2D eigenvalue weighted by Crippen LogP contribution is 2.16. The Morgan fingerprint density at radius 1 is 1.08 bits per heavy atom. The first-order valence-corrected chi connectivity index (χ1v) is 8.72. The van der Waals surface area contributed by atoms with Crippen molar-refractivity contribution in [3.8, 4) is 11.5 Å². The van der Waals surface area contributed by atoms with Crippen molar-refractivity contribution in [2.75, 3.05) is 26.4 Å². The lowest BCUT2D eigenvalue weighted by molar-refractivity contribution is 0.0679. The molecule has 6 heteroatoms. The molecule has 0 spiro atoms. The first-order valence-electron chi connectivity index (χ1n) is 8.72. The van der Waals surface area contributed by atoms with Crippen molar-refractivity contribution in [1.82, 2.24) is 5.32 Å². The second kappa shape index (κ2) is 9.20. The molecule has 1 N–H and O–H groups in total. The summed E-state index contributed by atoms with van der Waals surface area (Å²) in [6.07, 6.45) is 2.28. The van der Waals surface area contributed by atoms with Crippen molar-refractivity contribution in [1.29, 1.82) is 0 Å². The second-order valence-electron chi connectivity index (χ2n) is 6.03. The van der Waals surface area contributed by atoms with Crippen LogP contribution in [0.25, 0.3) is 0 Å². The summed E-state index contributed by atoms with van der Waals surface area (Å²) in [5.41, 5.74) is 0.552. The third-order valence-electron chi connectivity index (χ3n) is 4.05. The van der Waals surface area contributed by atoms with Gasteiger partial charge < -0.3 is 19.5 Å². The zero-order chi connectivity index (χ0) is 18.2. The fourth-order valence-electron chi connectivity index (χ4n) is 2.63. The van der Waals surface area contributed by atoms with E-state index in [1.165, 1.54) is 12.1 Å². The zero-order valence-electron chi connectivity index (χ0n) is 14.4. The van der Waals surface area contributed by atoms with Crippen LogP contribution in [0.15, 0.2) is 48.5 Å². The van der Waals surface area contributed by atoms with Crippen LogP contribution in [0.2, 0.25) is 0 Å². The summed E-state index contributed by atoms with van der Waals surface area (Å²) in [7, 11) is 0. The van der Waals surface area contributed by atoms with E-state index in [1.807, 2.05) is 0 Å². The molecule has 1 aliphatic heterocycles. The van der Waals surface area contributed by atoms with Gasteiger partial charge in [-0.25, -0.2) is 4.39 Å². The quantitative estimate of drug-likeness (QED) is 0.736. The van der Waals surface area contributed by atoms with Crippen LogP contribution in [0.4, 0.5) is 4.39 Å². The normalized spacial score (nSPS) is 16.3. The molecule has 0 aliphatic carbocycles. The molecule has 3 rings (SSSR count). The van der Waals surface area contributed by atoms with Crippen LogP contribution in [0, 0.1) is 5.82 Å². The molecule has 26 heavy (non-hydrogen) atoms. The molecule has 0 bridgehead atoms. The fraction of sp³-hybridized carbons (Fsp3) is 0.350. The van der Waals surface area contributed by atoms with Gasteiger partial charge in [0.25, 0.3) is 5.91 Å². The van der Waals surface area contributed by atoms with E-state index in [-0.39, 0.29) is 17.8 Å². The van der Waals surface area contributed by atoms with Gasteiger partial charge in [0.1, 0.15) is 30.5 Å². The van der Waals surface area contributed by atoms with Gasteiger partial charge in [-0.1, -0.05) is 0 Å². The number of nitrogens with one attached hydrogen (secondary N) is 1. The van der Waals surface area contributed by atoms with Crippen LogP contribution >= 0.6 is 0 Å². The molecule has 0 saturated carbocycles. The Kier molecular flexibility index (Phi) is 6.44. The largest absolute Gasteiger partial charge is 0.492 e. The predicted octanol–water partition coefficient (Wildman–Crippen LogP) is 3.19. The number of ether oxygens (including phenoxy) is 3. The lowest BCUT2D eigenvalue weighted by Crippen LogP contribution is -2.28. The maximum absolute atomic E-state index is 12.8. The maximum Gasteiger partial charge on any atom is 0.251 e. The monoisotopic (exact) mass is 359 g/mol. The average molecular weight is 359 g/mol. The predicted molar refractivity (Wildman–Crippen MR) is 95.1 cm³/mol. The molecule has 1 aliphatic rings. The summed E-state index contributed by atoms with van der Waals surface area (Å²) in [6.45, 7) is 2.00. The molecule has 2 aromatic rings. The second-order valence-corrected chi connectivity index (χ2v) is 6.03. The van der Waals surface area contributed by atoms with E-state index < -0.39 is 0 Å². The summed E-state index contributed by atoms with van der Waals surface area (Å²) < 4.78 is 29.4. The molecule has 5 nitrogen and oxygen atoms in total. The van der Waals surface area contributed by atoms with Crippen molar-refractivity contribution in [2.24, 2.45) is 0 Å². The van der Waals surface area contributed by atoms with Crippen LogP contribution in [0.5, 0.6) is 11.5 Å². The minimum Gasteiger partial charge on any atom is -0.492 e. The lowest BCUT2D eigenvalue weighted by atomic mass is 10.2. The number of halogens is 1. The van der Waals surface area contributed by atoms with Crippen LogP contribution < -0.4 is 14.8 Å². The fourth-order valence-corrected chi connectivity index (χ4v) is 2.63. The molecule has 1 atom stereocenters. The van der Waals surface area contributed by atoms with E-state index in [9.17, 15) is 9.18 Å². The Morgan fingerprint density at radius 3 is 2.46 bits per heavy atom. The van der Waals surface area contributed by atoms with Gasteiger partial charge in [-0.05, 0) is 61.4 Å². The van der Waals surface area contributed by atoms with Crippen molar-refractivity contribution < 1.29 is 23.4 Å². The molecule has 2 aromatic carbocycles. The summed E-state index contributed by atoms with van der Waals surface area (Å²) in [5.74, 6) is 0.789. The van der Waals surface area contributed by atoms with Crippen molar-refractivity contribution in [3.63, 3.8) is 0 Å². The van der Waals surface area contributed by atoms with Crippen LogP contribution in [0.3, 0.4) is 0 Å². The van der Waals surface area contributed by atoms with Crippen LogP contribution in [-0.4, -0.2) is 38.4 Å². The molecular formula is C20H22FNO4. The Balaban J connectivity index is 1.37. The molecule has 0 radical (unpaired) electrons. The number of carbonyl (C=O) groups excluding carboxylic acids is 1. The number of amides is 1. The molecule has 0 unspecified atom stereocenters. The summed E-state index contributed by atoms with van der Waals surface area (Å²) in [4.78, 5) is 12.1. The molecule has 1 saturated heterocycles. The van der Waals surface area contributed by atoms with E-state index in [4.69, 9.17) is 14.2 Å². The topological polar surface area (TPSA) is 56.8 Å². The Morgan fingerprint density at radius 2 is 1.77 bits per heavy atom. The van der Waals surface area contributed by atoms with E-state index in [2.05, 4.69) is 5.32 Å². The summed E-state index contributed by atoms with van der Waals surface area (Å²) >= 11 is 0. The van der Waals surface area contributed by atoms with Crippen LogP contribution in [-0.2, 0) is 4.74 Å². The van der Waals surface area contributed by atoms with Gasteiger partial charge >= 0.3 is 0 Å². The van der Waals surface area contributed by atoms with Crippen molar-refractivity contribution >= 4 is 5.91 Å². The van der Waals surface area contributed by atoms with Gasteiger partial charge in [-0.2, -0.15) is 0 Å². The Bertz CT molecular complexity index is 697. The molecule has 0 aromatic heterocycles. The van der Waals surface area contributed by atoms with E-state index >= 15 is 0 Å². The summed E-state index contributed by atoms with van der Waals surface area (Å²) in [6, 6.07) is 12.8. The molecule has 1 fully saturated rings. The smallest absolute Gasteiger partial charge is 0.251 e. The molecular weight excluding hydrogens is 337 g/mol. The van der Waals surface area contributed by atoms with Gasteiger partial charge in [-0.3, -0.25) is 4.79 Å². The summed E-state index contributed by atoms with van der Waals surface area (Å²) in [5, 5.41) is 2.78. The third kappa shape index (κ3) is 5.46. The van der Waals surface area contributed by atoms with Gasteiger partial charge in [0.2, 0.25) is 0 Å². The van der Waals surface area contributed by atoms with E-state index in [0.717, 1.165) is 25.2 Å². The average Bonchev–Trinajstić information content (AvgIpc) is 3.19. The van der Waals surface area contributed by atoms with Gasteiger partial charge in [0, 0.05) is 12.2 Å². The molecule has 138 valence electrons. The van der Waals surface area contributed by atoms with Crippen molar-refractivity contribution in [2.45, 2.75) is 18.9 Å². The number of benzene rings is 2. The zero-order valence-corrected chi connectivity index (χ0v) is 14.4. The van der Waals surface area contributed by atoms with Crippen LogP contribution in [0.1, 0.15) is 23.2 Å². The number of rotatable bonds is 8. The standard InChI is InChI=1S/C20H22FNO4/c21-16-5-9-17(10-6-16)25-13-11-22-20(23)15-3-7-18(8-4-15)26-14-19-2-1-12-24-19/h3-10,19H,1-2,11-14H2,(H,22,23)/t19-/m1/s1. The van der Waals surface area contributed by atoms with Gasteiger partial charge in [0.05, 0.1) is 12.6 Å². The minimum atomic E-state index is -0.311. The van der Waals surface area contributed by atoms with Crippen molar-refractivity contribution in [3.05, 3.63) is 59.9 Å². The first-order chi connectivity index (χ1) is 12.7. The SMILES string of the molecule is O=C(NCCOc1ccc(F)cc1)c1ccc(OC[C@H]2CCCO2)cc1. The molecule has 1 amide bonds. The number of carbonyl (C=O) groups is 1. The lowest BCUT2D eigenvalue weighted by Gasteiger charge is -2.12. The Hall–Kier alpha value is -2.60. The van der Waals surface area contributed by atoms with Gasteiger partial charge in [-0.15, -0.1) is 0 Å². The van der Waals surface area contributed by atoms with E-state index in [1.54, 1.807) is 36.4 Å².